The van der Waals surface area contributed by atoms with Crippen LogP contribution < -0.4 is 10.6 Å². The molecule has 5 nitrogen and oxygen atoms in total. The molecular weight excluding hydrogens is 499 g/mol. The minimum Gasteiger partial charge on any atom is -0.372 e. The summed E-state index contributed by atoms with van der Waals surface area (Å²) in [4.78, 5) is 6.94. The van der Waals surface area contributed by atoms with Crippen molar-refractivity contribution in [1.82, 2.24) is 15.5 Å². The number of hydrogen-bond acceptors (Lipinski definition) is 3. The van der Waals surface area contributed by atoms with Gasteiger partial charge in [0.25, 0.3) is 0 Å². The summed E-state index contributed by atoms with van der Waals surface area (Å²) in [6.45, 7) is 8.88. The Kier molecular flexibility index (Phi) is 11.3. The zero-order valence-electron chi connectivity index (χ0n) is 19.0. The van der Waals surface area contributed by atoms with Crippen LogP contribution in [0.2, 0.25) is 0 Å². The Bertz CT molecular complexity index is 772. The molecule has 2 aromatic carbocycles. The second-order valence-corrected chi connectivity index (χ2v) is 8.27. The van der Waals surface area contributed by atoms with E-state index in [9.17, 15) is 0 Å². The molecule has 2 N–H and O–H groups in total. The van der Waals surface area contributed by atoms with E-state index in [-0.39, 0.29) is 24.0 Å². The van der Waals surface area contributed by atoms with Gasteiger partial charge in [0.2, 0.25) is 0 Å². The molecule has 1 aliphatic heterocycles. The number of piperidine rings is 1. The highest BCUT2D eigenvalue weighted by atomic mass is 127. The summed E-state index contributed by atoms with van der Waals surface area (Å²) in [6, 6.07) is 20.0. The fraction of sp³-hybridized carbons (Fsp3) is 0.480. The summed E-state index contributed by atoms with van der Waals surface area (Å²) in [6.07, 6.45) is 2.33. The number of rotatable bonds is 8. The molecule has 0 aliphatic carbocycles. The van der Waals surface area contributed by atoms with E-state index >= 15 is 0 Å². The molecule has 0 radical (unpaired) electrons. The van der Waals surface area contributed by atoms with Crippen molar-refractivity contribution < 1.29 is 4.74 Å². The van der Waals surface area contributed by atoms with Crippen LogP contribution in [0.15, 0.2) is 59.6 Å². The van der Waals surface area contributed by atoms with Crippen molar-refractivity contribution in [2.45, 2.75) is 58.5 Å². The summed E-state index contributed by atoms with van der Waals surface area (Å²) in [5.41, 5.74) is 3.63. The first-order valence-corrected chi connectivity index (χ1v) is 11.0. The first-order valence-electron chi connectivity index (χ1n) is 11.0. The smallest absolute Gasteiger partial charge is 0.191 e. The lowest BCUT2D eigenvalue weighted by atomic mass is 10.0. The summed E-state index contributed by atoms with van der Waals surface area (Å²) in [5, 5.41) is 7.03. The Morgan fingerprint density at radius 2 is 1.55 bits per heavy atom. The Morgan fingerprint density at radius 3 is 2.13 bits per heavy atom. The van der Waals surface area contributed by atoms with Gasteiger partial charge >= 0.3 is 0 Å². The molecule has 170 valence electrons. The Labute approximate surface area is 204 Å². The zero-order chi connectivity index (χ0) is 21.2. The Hall–Kier alpha value is -1.64. The van der Waals surface area contributed by atoms with Crippen LogP contribution in [0.1, 0.15) is 43.4 Å². The topological polar surface area (TPSA) is 48.9 Å². The van der Waals surface area contributed by atoms with Crippen molar-refractivity contribution in [1.29, 1.82) is 0 Å². The second-order valence-electron chi connectivity index (χ2n) is 8.27. The van der Waals surface area contributed by atoms with E-state index in [0.29, 0.717) is 25.3 Å². The van der Waals surface area contributed by atoms with Gasteiger partial charge in [0.15, 0.2) is 5.96 Å². The van der Waals surface area contributed by atoms with E-state index in [1.165, 1.54) is 16.7 Å². The number of guanidine groups is 1. The van der Waals surface area contributed by atoms with E-state index in [0.717, 1.165) is 38.4 Å². The number of nitrogens with one attached hydrogen (secondary N) is 2. The third-order valence-electron chi connectivity index (χ3n) is 5.69. The molecule has 0 atom stereocenters. The highest BCUT2D eigenvalue weighted by Crippen LogP contribution is 2.13. The van der Waals surface area contributed by atoms with Gasteiger partial charge < -0.3 is 20.3 Å². The predicted molar refractivity (Wildman–Crippen MR) is 140 cm³/mol. The molecule has 1 heterocycles. The quantitative estimate of drug-likeness (QED) is 0.295. The fourth-order valence-electron chi connectivity index (χ4n) is 3.75. The number of halogens is 1. The van der Waals surface area contributed by atoms with E-state index in [4.69, 9.17) is 4.74 Å². The number of likely N-dealkylation sites (tertiary alicyclic amines) is 1. The third kappa shape index (κ3) is 8.79. The molecule has 0 spiro atoms. The van der Waals surface area contributed by atoms with E-state index < -0.39 is 0 Å². The van der Waals surface area contributed by atoms with E-state index in [1.807, 2.05) is 25.2 Å². The standard InChI is InChI=1S/C25H36N4O.HI/c1-20(2)29-15-13-24(14-16-29)28-25(26-3)27-17-21-9-11-23(12-10-21)19-30-18-22-7-5-4-6-8-22;/h4-12,20,24H,13-19H2,1-3H3,(H2,26,27,28);1H. The molecule has 3 rings (SSSR count). The van der Waals surface area contributed by atoms with E-state index in [2.05, 4.69) is 70.8 Å². The van der Waals surface area contributed by atoms with Gasteiger partial charge in [-0.05, 0) is 43.4 Å². The van der Waals surface area contributed by atoms with E-state index in [1.54, 1.807) is 0 Å². The maximum absolute atomic E-state index is 5.82. The highest BCUT2D eigenvalue weighted by Gasteiger charge is 2.21. The molecule has 2 aromatic rings. The van der Waals surface area contributed by atoms with Crippen LogP contribution in [-0.2, 0) is 24.5 Å². The lowest BCUT2D eigenvalue weighted by Gasteiger charge is -2.35. The Balaban J connectivity index is 0.00000341. The lowest BCUT2D eigenvalue weighted by Crippen LogP contribution is -2.49. The molecule has 1 saturated heterocycles. The van der Waals surface area contributed by atoms with Gasteiger partial charge in [-0.15, -0.1) is 24.0 Å². The number of benzene rings is 2. The third-order valence-corrected chi connectivity index (χ3v) is 5.69. The minimum absolute atomic E-state index is 0. The second kappa shape index (κ2) is 13.7. The van der Waals surface area contributed by atoms with Gasteiger partial charge in [-0.1, -0.05) is 54.6 Å². The molecule has 6 heteroatoms. The van der Waals surface area contributed by atoms with Gasteiger partial charge in [0.1, 0.15) is 0 Å². The monoisotopic (exact) mass is 536 g/mol. The maximum atomic E-state index is 5.82. The van der Waals surface area contributed by atoms with Crippen LogP contribution >= 0.6 is 24.0 Å². The van der Waals surface area contributed by atoms with Crippen LogP contribution in [-0.4, -0.2) is 43.1 Å². The molecule has 0 saturated carbocycles. The van der Waals surface area contributed by atoms with Crippen LogP contribution in [0.5, 0.6) is 0 Å². The van der Waals surface area contributed by atoms with Crippen molar-refractivity contribution in [2.75, 3.05) is 20.1 Å². The molecular formula is C25H37IN4O. The molecule has 0 bridgehead atoms. The van der Waals surface area contributed by atoms with Gasteiger partial charge in [-0.2, -0.15) is 0 Å². The average molecular weight is 537 g/mol. The molecule has 1 fully saturated rings. The fourth-order valence-corrected chi connectivity index (χ4v) is 3.75. The SMILES string of the molecule is CN=C(NCc1ccc(COCc2ccccc2)cc1)NC1CCN(C(C)C)CC1.I. The van der Waals surface area contributed by atoms with Crippen LogP contribution in [0.4, 0.5) is 0 Å². The molecule has 1 aliphatic rings. The van der Waals surface area contributed by atoms with Gasteiger partial charge in [0.05, 0.1) is 13.2 Å². The molecule has 0 unspecified atom stereocenters. The normalized spacial score (nSPS) is 15.5. The van der Waals surface area contributed by atoms with Gasteiger partial charge in [-0.25, -0.2) is 0 Å². The molecule has 31 heavy (non-hydrogen) atoms. The number of hydrogen-bond donors (Lipinski definition) is 2. The van der Waals surface area contributed by atoms with Gasteiger partial charge in [-0.3, -0.25) is 4.99 Å². The average Bonchev–Trinajstić information content (AvgIpc) is 2.78. The summed E-state index contributed by atoms with van der Waals surface area (Å²) >= 11 is 0. The maximum Gasteiger partial charge on any atom is 0.191 e. The lowest BCUT2D eigenvalue weighted by molar-refractivity contribution is 0.107. The largest absolute Gasteiger partial charge is 0.372 e. The summed E-state index contributed by atoms with van der Waals surface area (Å²) < 4.78 is 5.82. The number of aliphatic imine (C=N–C) groups is 1. The highest BCUT2D eigenvalue weighted by molar-refractivity contribution is 14.0. The predicted octanol–water partition coefficient (Wildman–Crippen LogP) is 4.56. The zero-order valence-corrected chi connectivity index (χ0v) is 21.3. The van der Waals surface area contributed by atoms with Crippen molar-refractivity contribution in [2.24, 2.45) is 4.99 Å². The van der Waals surface area contributed by atoms with Crippen LogP contribution in [0, 0.1) is 0 Å². The van der Waals surface area contributed by atoms with Crippen LogP contribution in [0.3, 0.4) is 0 Å². The van der Waals surface area contributed by atoms with Crippen molar-refractivity contribution in [3.05, 3.63) is 71.3 Å². The first kappa shape index (κ1) is 25.6. The summed E-state index contributed by atoms with van der Waals surface area (Å²) in [5.74, 6) is 0.883. The number of nitrogens with zero attached hydrogens (tertiary/aromatic N) is 2. The minimum atomic E-state index is 0. The Morgan fingerprint density at radius 1 is 0.968 bits per heavy atom. The number of ether oxygens (including phenoxy) is 1. The molecule has 0 amide bonds. The van der Waals surface area contributed by atoms with Gasteiger partial charge in [0, 0.05) is 38.8 Å². The molecule has 0 aromatic heterocycles. The van der Waals surface area contributed by atoms with Crippen molar-refractivity contribution >= 4 is 29.9 Å². The van der Waals surface area contributed by atoms with Crippen molar-refractivity contribution in [3.63, 3.8) is 0 Å². The van der Waals surface area contributed by atoms with Crippen LogP contribution in [0.25, 0.3) is 0 Å². The van der Waals surface area contributed by atoms with Crippen molar-refractivity contribution in [3.8, 4) is 0 Å². The first-order chi connectivity index (χ1) is 14.6. The summed E-state index contributed by atoms with van der Waals surface area (Å²) in [7, 11) is 1.84.